The normalized spacial score (nSPS) is 10.8. The lowest BCUT2D eigenvalue weighted by Gasteiger charge is -2.11. The Morgan fingerprint density at radius 2 is 1.80 bits per heavy atom. The summed E-state index contributed by atoms with van der Waals surface area (Å²) in [7, 11) is 1.92. The molecular formula is C15H18ClN3S. The Bertz CT molecular complexity index is 606. The molecule has 0 bridgehead atoms. The van der Waals surface area contributed by atoms with Crippen LogP contribution in [0.25, 0.3) is 0 Å². The molecule has 0 aliphatic rings. The van der Waals surface area contributed by atoms with E-state index in [9.17, 15) is 0 Å². The van der Waals surface area contributed by atoms with Crippen LogP contribution in [0.3, 0.4) is 0 Å². The Morgan fingerprint density at radius 3 is 2.40 bits per heavy atom. The molecule has 106 valence electrons. The molecule has 0 fully saturated rings. The molecule has 1 aromatic carbocycles. The highest BCUT2D eigenvalue weighted by Crippen LogP contribution is 2.34. The maximum atomic E-state index is 6.32. The van der Waals surface area contributed by atoms with Gasteiger partial charge in [-0.15, -0.1) is 0 Å². The molecule has 0 unspecified atom stereocenters. The van der Waals surface area contributed by atoms with Crippen molar-refractivity contribution in [2.75, 3.05) is 7.05 Å². The Kier molecular flexibility index (Phi) is 5.02. The Morgan fingerprint density at radius 1 is 1.15 bits per heavy atom. The fourth-order valence-electron chi connectivity index (χ4n) is 1.88. The fraction of sp³-hybridized carbons (Fsp3) is 0.333. The molecule has 20 heavy (non-hydrogen) atoms. The summed E-state index contributed by atoms with van der Waals surface area (Å²) in [4.78, 5) is 10.1. The first kappa shape index (κ1) is 15.3. The van der Waals surface area contributed by atoms with E-state index in [1.54, 1.807) is 0 Å². The van der Waals surface area contributed by atoms with Gasteiger partial charge in [-0.3, -0.25) is 0 Å². The summed E-state index contributed by atoms with van der Waals surface area (Å²) in [5.41, 5.74) is 4.33. The predicted octanol–water partition coefficient (Wildman–Crippen LogP) is 3.93. The molecule has 1 N–H and O–H groups in total. The lowest BCUT2D eigenvalue weighted by Crippen LogP contribution is -2.06. The van der Waals surface area contributed by atoms with Crippen molar-refractivity contribution in [2.24, 2.45) is 0 Å². The van der Waals surface area contributed by atoms with Crippen LogP contribution < -0.4 is 5.32 Å². The van der Waals surface area contributed by atoms with E-state index in [0.29, 0.717) is 0 Å². The van der Waals surface area contributed by atoms with Crippen molar-refractivity contribution in [3.63, 3.8) is 0 Å². The summed E-state index contributed by atoms with van der Waals surface area (Å²) in [6, 6.07) is 5.93. The molecule has 1 aromatic heterocycles. The van der Waals surface area contributed by atoms with Crippen LogP contribution in [-0.4, -0.2) is 17.0 Å². The summed E-state index contributed by atoms with van der Waals surface area (Å²) >= 11 is 7.85. The van der Waals surface area contributed by atoms with Crippen LogP contribution in [0.5, 0.6) is 0 Å². The predicted molar refractivity (Wildman–Crippen MR) is 84.6 cm³/mol. The Labute approximate surface area is 129 Å². The first-order valence-corrected chi connectivity index (χ1v) is 7.64. The number of hydrogen-bond acceptors (Lipinski definition) is 4. The summed E-state index contributed by atoms with van der Waals surface area (Å²) in [5, 5.41) is 4.64. The largest absolute Gasteiger partial charge is 0.316 e. The Hall–Kier alpha value is -1.10. The zero-order valence-corrected chi connectivity index (χ0v) is 13.7. The molecular weight excluding hydrogens is 290 g/mol. The lowest BCUT2D eigenvalue weighted by molar-refractivity contribution is 0.802. The maximum absolute atomic E-state index is 6.32. The van der Waals surface area contributed by atoms with Crippen molar-refractivity contribution in [2.45, 2.75) is 37.4 Å². The minimum Gasteiger partial charge on any atom is -0.316 e. The minimum atomic E-state index is 0.738. The number of aryl methyl sites for hydroxylation is 2. The lowest BCUT2D eigenvalue weighted by atomic mass is 10.2. The highest BCUT2D eigenvalue weighted by atomic mass is 35.5. The van der Waals surface area contributed by atoms with Crippen LogP contribution in [0, 0.1) is 20.8 Å². The van der Waals surface area contributed by atoms with Gasteiger partial charge in [0.15, 0.2) is 5.16 Å². The fourth-order valence-corrected chi connectivity index (χ4v) is 3.17. The monoisotopic (exact) mass is 307 g/mol. The van der Waals surface area contributed by atoms with Crippen LogP contribution >= 0.6 is 23.4 Å². The van der Waals surface area contributed by atoms with Crippen LogP contribution in [0.2, 0.25) is 5.02 Å². The van der Waals surface area contributed by atoms with E-state index < -0.39 is 0 Å². The second kappa shape index (κ2) is 6.57. The molecule has 0 amide bonds. The molecule has 0 saturated carbocycles. The third kappa shape index (κ3) is 3.32. The smallest absolute Gasteiger partial charge is 0.192 e. The Balaban J connectivity index is 2.39. The summed E-state index contributed by atoms with van der Waals surface area (Å²) in [6.07, 6.45) is 0. The number of hydrogen-bond donors (Lipinski definition) is 1. The minimum absolute atomic E-state index is 0.738. The molecule has 2 rings (SSSR count). The SMILES string of the molecule is CNCc1cccc(Cl)c1Sc1nc(C)c(C)c(C)n1. The van der Waals surface area contributed by atoms with E-state index in [-0.39, 0.29) is 0 Å². The maximum Gasteiger partial charge on any atom is 0.192 e. The third-order valence-corrected chi connectivity index (χ3v) is 4.70. The van der Waals surface area contributed by atoms with E-state index in [2.05, 4.69) is 21.4 Å². The molecule has 0 atom stereocenters. The quantitative estimate of drug-likeness (QED) is 0.869. The van der Waals surface area contributed by atoms with Gasteiger partial charge in [-0.05, 0) is 56.8 Å². The molecule has 0 radical (unpaired) electrons. The first-order chi connectivity index (χ1) is 9.52. The topological polar surface area (TPSA) is 37.8 Å². The molecule has 3 nitrogen and oxygen atoms in total. The number of halogens is 1. The van der Waals surface area contributed by atoms with Gasteiger partial charge in [0.25, 0.3) is 0 Å². The van der Waals surface area contributed by atoms with Gasteiger partial charge in [0.2, 0.25) is 0 Å². The zero-order chi connectivity index (χ0) is 14.7. The van der Waals surface area contributed by atoms with Crippen molar-refractivity contribution in [1.82, 2.24) is 15.3 Å². The van der Waals surface area contributed by atoms with E-state index in [1.165, 1.54) is 11.8 Å². The van der Waals surface area contributed by atoms with Crippen LogP contribution in [0.4, 0.5) is 0 Å². The van der Waals surface area contributed by atoms with Gasteiger partial charge in [-0.2, -0.15) is 0 Å². The standard InChI is InChI=1S/C15H18ClN3S/c1-9-10(2)18-15(19-11(9)3)20-14-12(8-17-4)6-5-7-13(14)16/h5-7,17H,8H2,1-4H3. The van der Waals surface area contributed by atoms with E-state index >= 15 is 0 Å². The number of nitrogens with zero attached hydrogens (tertiary/aromatic N) is 2. The zero-order valence-electron chi connectivity index (χ0n) is 12.1. The number of benzene rings is 1. The van der Waals surface area contributed by atoms with Gasteiger partial charge in [0.05, 0.1) is 5.02 Å². The average molecular weight is 308 g/mol. The molecule has 0 aliphatic carbocycles. The number of nitrogens with one attached hydrogen (secondary N) is 1. The molecule has 0 aliphatic heterocycles. The third-order valence-electron chi connectivity index (χ3n) is 3.22. The van der Waals surface area contributed by atoms with Crippen LogP contribution in [-0.2, 0) is 6.54 Å². The molecule has 0 spiro atoms. The second-order valence-corrected chi connectivity index (χ2v) is 6.05. The van der Waals surface area contributed by atoms with Gasteiger partial charge < -0.3 is 5.32 Å². The second-order valence-electron chi connectivity index (χ2n) is 4.66. The van der Waals surface area contributed by atoms with Gasteiger partial charge >= 0.3 is 0 Å². The highest BCUT2D eigenvalue weighted by Gasteiger charge is 2.12. The van der Waals surface area contributed by atoms with Gasteiger partial charge in [-0.25, -0.2) is 9.97 Å². The van der Waals surface area contributed by atoms with Crippen molar-refractivity contribution >= 4 is 23.4 Å². The number of rotatable bonds is 4. The van der Waals surface area contributed by atoms with Gasteiger partial charge in [0.1, 0.15) is 0 Å². The van der Waals surface area contributed by atoms with Crippen LogP contribution in [0.1, 0.15) is 22.5 Å². The molecule has 2 aromatic rings. The van der Waals surface area contributed by atoms with Crippen molar-refractivity contribution in [3.8, 4) is 0 Å². The van der Waals surface area contributed by atoms with E-state index in [0.717, 1.165) is 44.1 Å². The van der Waals surface area contributed by atoms with E-state index in [4.69, 9.17) is 11.6 Å². The van der Waals surface area contributed by atoms with Crippen LogP contribution in [0.15, 0.2) is 28.3 Å². The average Bonchev–Trinajstić information content (AvgIpc) is 2.40. The van der Waals surface area contributed by atoms with E-state index in [1.807, 2.05) is 40.0 Å². The number of aromatic nitrogens is 2. The molecule has 1 heterocycles. The summed E-state index contributed by atoms with van der Waals surface area (Å²) in [5.74, 6) is 0. The summed E-state index contributed by atoms with van der Waals surface area (Å²) < 4.78 is 0. The van der Waals surface area contributed by atoms with Gasteiger partial charge in [-0.1, -0.05) is 23.7 Å². The summed E-state index contributed by atoms with van der Waals surface area (Å²) in [6.45, 7) is 6.83. The molecule has 0 saturated heterocycles. The van der Waals surface area contributed by atoms with Crippen molar-refractivity contribution in [3.05, 3.63) is 45.7 Å². The van der Waals surface area contributed by atoms with Crippen molar-refractivity contribution in [1.29, 1.82) is 0 Å². The molecule has 5 heteroatoms. The highest BCUT2D eigenvalue weighted by molar-refractivity contribution is 7.99. The van der Waals surface area contributed by atoms with Crippen molar-refractivity contribution < 1.29 is 0 Å². The van der Waals surface area contributed by atoms with Gasteiger partial charge in [0, 0.05) is 22.8 Å². The first-order valence-electron chi connectivity index (χ1n) is 6.44.